The Labute approximate surface area is 69.3 Å². The Balaban J connectivity index is 2.20. The second kappa shape index (κ2) is 2.45. The Morgan fingerprint density at radius 2 is 2.25 bits per heavy atom. The van der Waals surface area contributed by atoms with Crippen molar-refractivity contribution in [1.82, 2.24) is 10.2 Å². The summed E-state index contributed by atoms with van der Waals surface area (Å²) in [6.07, 6.45) is -0.166. The van der Waals surface area contributed by atoms with Gasteiger partial charge < -0.3 is 15.3 Å². The van der Waals surface area contributed by atoms with E-state index >= 15 is 0 Å². The van der Waals surface area contributed by atoms with Gasteiger partial charge in [-0.15, -0.1) is 0 Å². The van der Waals surface area contributed by atoms with Gasteiger partial charge in [0.1, 0.15) is 6.04 Å². The van der Waals surface area contributed by atoms with Crippen LogP contribution in [0.2, 0.25) is 0 Å². The average molecular weight is 170 g/mol. The molecule has 0 radical (unpaired) electrons. The van der Waals surface area contributed by atoms with Crippen molar-refractivity contribution in [2.45, 2.75) is 18.6 Å². The summed E-state index contributed by atoms with van der Waals surface area (Å²) in [6.45, 7) is 0.374. The SMILES string of the molecule is O=C1NCC(=O)N2C[C@@H](O)C[C@@H]12. The minimum Gasteiger partial charge on any atom is -0.391 e. The minimum atomic E-state index is -0.539. The van der Waals surface area contributed by atoms with Gasteiger partial charge in [0.15, 0.2) is 0 Å². The zero-order chi connectivity index (χ0) is 8.72. The van der Waals surface area contributed by atoms with Crippen molar-refractivity contribution < 1.29 is 14.7 Å². The molecule has 2 aliphatic rings. The monoisotopic (exact) mass is 170 g/mol. The highest BCUT2D eigenvalue weighted by Gasteiger charge is 2.41. The van der Waals surface area contributed by atoms with E-state index in [1.165, 1.54) is 4.90 Å². The number of aliphatic hydroxyl groups excluding tert-OH is 1. The van der Waals surface area contributed by atoms with E-state index in [0.29, 0.717) is 13.0 Å². The van der Waals surface area contributed by atoms with Gasteiger partial charge in [0.05, 0.1) is 12.6 Å². The fourth-order valence-corrected chi connectivity index (χ4v) is 1.72. The summed E-state index contributed by atoms with van der Waals surface area (Å²) >= 11 is 0. The Bertz CT molecular complexity index is 217. The van der Waals surface area contributed by atoms with E-state index in [1.807, 2.05) is 0 Å². The number of aliphatic hydroxyl groups is 1. The van der Waals surface area contributed by atoms with Gasteiger partial charge in [-0.05, 0) is 0 Å². The predicted molar refractivity (Wildman–Crippen MR) is 39.1 cm³/mol. The maximum Gasteiger partial charge on any atom is 0.243 e. The van der Waals surface area contributed by atoms with E-state index in [-0.39, 0.29) is 18.4 Å². The molecule has 12 heavy (non-hydrogen) atoms. The van der Waals surface area contributed by atoms with E-state index in [0.717, 1.165) is 0 Å². The molecule has 0 bridgehead atoms. The third-order valence-corrected chi connectivity index (χ3v) is 2.32. The number of carbonyl (C=O) groups is 2. The number of amides is 2. The molecule has 2 rings (SSSR count). The number of rotatable bonds is 0. The first-order valence-electron chi connectivity index (χ1n) is 3.94. The molecule has 2 amide bonds. The number of nitrogens with zero attached hydrogens (tertiary/aromatic N) is 1. The molecule has 0 aliphatic carbocycles. The van der Waals surface area contributed by atoms with Gasteiger partial charge in [-0.2, -0.15) is 0 Å². The number of hydrogen-bond acceptors (Lipinski definition) is 3. The first-order valence-corrected chi connectivity index (χ1v) is 3.94. The lowest BCUT2D eigenvalue weighted by molar-refractivity contribution is -0.143. The molecule has 0 saturated carbocycles. The molecule has 2 aliphatic heterocycles. The number of carbonyl (C=O) groups excluding carboxylic acids is 2. The molecule has 2 atom stereocenters. The van der Waals surface area contributed by atoms with Crippen molar-refractivity contribution in [2.75, 3.05) is 13.1 Å². The number of hydrogen-bond donors (Lipinski definition) is 2. The van der Waals surface area contributed by atoms with E-state index in [1.54, 1.807) is 0 Å². The molecule has 5 heteroatoms. The minimum absolute atomic E-state index is 0.0715. The van der Waals surface area contributed by atoms with Gasteiger partial charge in [-0.3, -0.25) is 9.59 Å². The molecular formula is C7H10N2O3. The van der Waals surface area contributed by atoms with E-state index < -0.39 is 12.1 Å². The van der Waals surface area contributed by atoms with Crippen LogP contribution in [-0.4, -0.2) is 47.1 Å². The molecule has 5 nitrogen and oxygen atoms in total. The molecule has 2 fully saturated rings. The molecule has 0 aromatic carbocycles. The fraction of sp³-hybridized carbons (Fsp3) is 0.714. The highest BCUT2D eigenvalue weighted by Crippen LogP contribution is 2.19. The van der Waals surface area contributed by atoms with Gasteiger partial charge in [0.2, 0.25) is 11.8 Å². The summed E-state index contributed by atoms with van der Waals surface area (Å²) in [5.41, 5.74) is 0. The van der Waals surface area contributed by atoms with Gasteiger partial charge in [0, 0.05) is 13.0 Å². The van der Waals surface area contributed by atoms with Crippen LogP contribution < -0.4 is 5.32 Å². The summed E-state index contributed by atoms with van der Waals surface area (Å²) < 4.78 is 0. The van der Waals surface area contributed by atoms with Crippen molar-refractivity contribution in [3.63, 3.8) is 0 Å². The van der Waals surface area contributed by atoms with E-state index in [9.17, 15) is 14.7 Å². The Hall–Kier alpha value is -1.10. The summed E-state index contributed by atoms with van der Waals surface area (Å²) in [5.74, 6) is -0.248. The molecule has 0 aromatic heterocycles. The highest BCUT2D eigenvalue weighted by molar-refractivity contribution is 5.95. The lowest BCUT2D eigenvalue weighted by Gasteiger charge is -2.28. The highest BCUT2D eigenvalue weighted by atomic mass is 16.3. The second-order valence-corrected chi connectivity index (χ2v) is 3.17. The molecule has 0 unspecified atom stereocenters. The molecule has 2 N–H and O–H groups in total. The van der Waals surface area contributed by atoms with Crippen LogP contribution in [0.15, 0.2) is 0 Å². The molecule has 0 aromatic rings. The lowest BCUT2D eigenvalue weighted by atomic mass is 10.1. The Morgan fingerprint density at radius 1 is 1.50 bits per heavy atom. The molecule has 0 spiro atoms. The van der Waals surface area contributed by atoms with Crippen LogP contribution >= 0.6 is 0 Å². The van der Waals surface area contributed by atoms with Gasteiger partial charge in [0.25, 0.3) is 0 Å². The molecule has 66 valence electrons. The molecular weight excluding hydrogens is 160 g/mol. The van der Waals surface area contributed by atoms with Gasteiger partial charge in [-0.1, -0.05) is 0 Å². The van der Waals surface area contributed by atoms with E-state index in [4.69, 9.17) is 0 Å². The van der Waals surface area contributed by atoms with Gasteiger partial charge in [-0.25, -0.2) is 0 Å². The summed E-state index contributed by atoms with van der Waals surface area (Å²) in [7, 11) is 0. The summed E-state index contributed by atoms with van der Waals surface area (Å²) in [4.78, 5) is 23.8. The lowest BCUT2D eigenvalue weighted by Crippen LogP contribution is -2.55. The zero-order valence-electron chi connectivity index (χ0n) is 6.49. The fourth-order valence-electron chi connectivity index (χ4n) is 1.72. The number of fused-ring (bicyclic) bond motifs is 1. The van der Waals surface area contributed by atoms with Crippen LogP contribution in [0.3, 0.4) is 0 Å². The largest absolute Gasteiger partial charge is 0.391 e. The van der Waals surface area contributed by atoms with Gasteiger partial charge >= 0.3 is 0 Å². The average Bonchev–Trinajstić information content (AvgIpc) is 2.41. The van der Waals surface area contributed by atoms with Crippen molar-refractivity contribution in [2.24, 2.45) is 0 Å². The van der Waals surface area contributed by atoms with Crippen LogP contribution in [0, 0.1) is 0 Å². The third-order valence-electron chi connectivity index (χ3n) is 2.32. The maximum atomic E-state index is 11.2. The topological polar surface area (TPSA) is 69.6 Å². The second-order valence-electron chi connectivity index (χ2n) is 3.17. The summed E-state index contributed by atoms with van der Waals surface area (Å²) in [5, 5.41) is 11.7. The normalized spacial score (nSPS) is 34.9. The number of piperazine rings is 1. The smallest absolute Gasteiger partial charge is 0.243 e. The Kier molecular flexibility index (Phi) is 1.54. The maximum absolute atomic E-state index is 11.2. The van der Waals surface area contributed by atoms with Crippen molar-refractivity contribution >= 4 is 11.8 Å². The van der Waals surface area contributed by atoms with Crippen molar-refractivity contribution in [3.8, 4) is 0 Å². The zero-order valence-corrected chi connectivity index (χ0v) is 6.49. The third kappa shape index (κ3) is 0.972. The van der Waals surface area contributed by atoms with Crippen LogP contribution in [0.5, 0.6) is 0 Å². The van der Waals surface area contributed by atoms with Crippen LogP contribution in [0.25, 0.3) is 0 Å². The summed E-state index contributed by atoms with van der Waals surface area (Å²) in [6, 6.07) is -0.429. The number of nitrogens with one attached hydrogen (secondary N) is 1. The quantitative estimate of drug-likeness (QED) is 0.445. The molecule has 2 saturated heterocycles. The Morgan fingerprint density at radius 3 is 2.92 bits per heavy atom. The molecule has 2 heterocycles. The first kappa shape index (κ1) is 7.54. The van der Waals surface area contributed by atoms with Crippen LogP contribution in [-0.2, 0) is 9.59 Å². The van der Waals surface area contributed by atoms with E-state index in [2.05, 4.69) is 5.32 Å². The standard InChI is InChI=1S/C7H10N2O3/c10-4-1-5-7(12)8-2-6(11)9(5)3-4/h4-5,10H,1-3H2,(H,8,12)/t4-,5-/m0/s1. The van der Waals surface area contributed by atoms with Crippen LogP contribution in [0.4, 0.5) is 0 Å². The first-order chi connectivity index (χ1) is 5.68. The van der Waals surface area contributed by atoms with Crippen molar-refractivity contribution in [1.29, 1.82) is 0 Å². The van der Waals surface area contributed by atoms with Crippen molar-refractivity contribution in [3.05, 3.63) is 0 Å². The van der Waals surface area contributed by atoms with Crippen LogP contribution in [0.1, 0.15) is 6.42 Å². The predicted octanol–water partition coefficient (Wildman–Crippen LogP) is -1.92.